The lowest BCUT2D eigenvalue weighted by Gasteiger charge is -2.29. The number of aromatic nitrogens is 7. The van der Waals surface area contributed by atoms with Gasteiger partial charge in [0.05, 0.1) is 41.2 Å². The Hall–Kier alpha value is -5.65. The number of imidazole rings is 3. The van der Waals surface area contributed by atoms with Gasteiger partial charge >= 0.3 is 6.09 Å². The first-order valence-electron chi connectivity index (χ1n) is 17.7. The highest BCUT2D eigenvalue weighted by Gasteiger charge is 2.39. The van der Waals surface area contributed by atoms with Crippen molar-refractivity contribution in [3.63, 3.8) is 0 Å². The number of aldehydes is 1. The molecule has 0 spiro atoms. The fourth-order valence-electron chi connectivity index (χ4n) is 7.28. The van der Waals surface area contributed by atoms with E-state index in [-0.39, 0.29) is 42.0 Å². The van der Waals surface area contributed by atoms with Gasteiger partial charge in [-0.15, -0.1) is 0 Å². The highest BCUT2D eigenvalue weighted by atomic mass is 32.1. The van der Waals surface area contributed by atoms with E-state index in [0.29, 0.717) is 59.4 Å². The second kappa shape index (κ2) is 14.4. The molecule has 4 amide bonds. The number of nitrogens with zero attached hydrogens (tertiary/aromatic N) is 7. The van der Waals surface area contributed by atoms with Crippen LogP contribution in [0.3, 0.4) is 0 Å². The number of likely N-dealkylation sites (tertiary alicyclic amines) is 2. The largest absolute Gasteiger partial charge is 0.465 e. The first-order chi connectivity index (χ1) is 25.4. The molecule has 2 unspecified atom stereocenters. The summed E-state index contributed by atoms with van der Waals surface area (Å²) in [6.07, 6.45) is 5.32. The minimum Gasteiger partial charge on any atom is -0.465 e. The van der Waals surface area contributed by atoms with Gasteiger partial charge in [-0.3, -0.25) is 19.2 Å². The molecule has 2 fully saturated rings. The van der Waals surface area contributed by atoms with Gasteiger partial charge in [-0.25, -0.2) is 24.3 Å². The van der Waals surface area contributed by atoms with Crippen LogP contribution in [0.1, 0.15) is 77.1 Å². The molecule has 18 heteroatoms. The molecular weight excluding hydrogens is 703 g/mol. The van der Waals surface area contributed by atoms with Crippen molar-refractivity contribution in [3.05, 3.63) is 42.2 Å². The Morgan fingerprint density at radius 1 is 0.906 bits per heavy atom. The zero-order chi connectivity index (χ0) is 37.6. The maximum atomic E-state index is 13.6. The van der Waals surface area contributed by atoms with Gasteiger partial charge in [-0.05, 0) is 55.7 Å². The number of aromatic amines is 2. The fraction of sp³-hybridized carbons (Fsp3) is 0.457. The Morgan fingerprint density at radius 3 is 2.21 bits per heavy atom. The van der Waals surface area contributed by atoms with Crippen LogP contribution in [0.2, 0.25) is 0 Å². The minimum absolute atomic E-state index is 0.179. The third kappa shape index (κ3) is 6.85. The maximum Gasteiger partial charge on any atom is 0.405 e. The van der Waals surface area contributed by atoms with E-state index in [1.54, 1.807) is 26.7 Å². The average Bonchev–Trinajstić information content (AvgIpc) is 3.97. The van der Waals surface area contributed by atoms with E-state index in [9.17, 15) is 29.1 Å². The molecule has 0 radical (unpaired) electrons. The number of rotatable bonds is 11. The van der Waals surface area contributed by atoms with Gasteiger partial charge in [0.15, 0.2) is 0 Å². The molecule has 0 saturated carbocycles. The van der Waals surface area contributed by atoms with Crippen molar-refractivity contribution in [1.82, 2.24) is 55.0 Å². The molecule has 6 heterocycles. The Labute approximate surface area is 307 Å². The lowest BCUT2D eigenvalue weighted by Crippen LogP contribution is -2.51. The normalized spacial score (nSPS) is 18.7. The highest BCUT2D eigenvalue weighted by molar-refractivity contribution is 7.19. The van der Waals surface area contributed by atoms with Crippen molar-refractivity contribution >= 4 is 57.4 Å². The van der Waals surface area contributed by atoms with E-state index >= 15 is 0 Å². The van der Waals surface area contributed by atoms with Crippen LogP contribution in [0.5, 0.6) is 0 Å². The van der Waals surface area contributed by atoms with Gasteiger partial charge in [0.2, 0.25) is 23.1 Å². The Kier molecular flexibility index (Phi) is 9.71. The zero-order valence-electron chi connectivity index (χ0n) is 29.7. The molecule has 17 nitrogen and oxygen atoms in total. The quantitative estimate of drug-likeness (QED) is 0.0975. The number of fused-ring (bicyclic) bond motifs is 2. The average molecular weight is 744 g/mol. The van der Waals surface area contributed by atoms with E-state index in [1.807, 2.05) is 45.9 Å². The van der Waals surface area contributed by atoms with E-state index in [4.69, 9.17) is 10.1 Å². The first kappa shape index (κ1) is 35.7. The molecule has 5 aromatic rings. The standard InChI is InChI=1S/C35H41N11O6S/c1-17(2)27(41-26(48)16-47)32(49)45-12-6-8-24(45)30-38-20-10-9-19(13-21(20)39-30)31-43-46-25(15-37-34(46)53-31)22-14-36-29(40-22)23-7-5-11-44(23)33(50)28(18(3)4)42-35(51)52/h9-10,13-18,23-24,27-28,42H,5-8,11-12H2,1-4H3,(H,36,40)(H,38,39)(H,41,48)(H,51,52)/t23?,24?,27-,28-/m0/s1. The van der Waals surface area contributed by atoms with Crippen LogP contribution in [0, 0.1) is 11.8 Å². The van der Waals surface area contributed by atoms with Crippen LogP contribution in [-0.2, 0) is 19.2 Å². The van der Waals surface area contributed by atoms with Gasteiger partial charge in [0, 0.05) is 18.7 Å². The van der Waals surface area contributed by atoms with Crippen molar-refractivity contribution in [2.75, 3.05) is 13.1 Å². The molecule has 7 rings (SSSR count). The summed E-state index contributed by atoms with van der Waals surface area (Å²) in [5, 5.41) is 19.8. The van der Waals surface area contributed by atoms with Gasteiger partial charge < -0.3 is 35.5 Å². The third-order valence-corrected chi connectivity index (χ3v) is 10.9. The SMILES string of the molecule is CC(C)[C@H](NC(=O)O)C(=O)N1CCCC1c1ncc(-c2cnc3sc(-c4ccc5[nH]c(C6CCCN6C(=O)[C@@H](NC(=O)C=O)C(C)C)nc5c4)nn23)[nH]1. The Balaban J connectivity index is 1.11. The summed E-state index contributed by atoms with van der Waals surface area (Å²) >= 11 is 1.42. The Morgan fingerprint density at radius 2 is 1.57 bits per heavy atom. The van der Waals surface area contributed by atoms with Crippen molar-refractivity contribution in [1.29, 1.82) is 0 Å². The molecule has 4 aromatic heterocycles. The topological polar surface area (TPSA) is 224 Å². The van der Waals surface area contributed by atoms with Gasteiger partial charge in [-0.2, -0.15) is 5.10 Å². The molecule has 2 saturated heterocycles. The predicted octanol–water partition coefficient (Wildman–Crippen LogP) is 3.68. The molecule has 5 N–H and O–H groups in total. The van der Waals surface area contributed by atoms with E-state index in [0.717, 1.165) is 28.9 Å². The molecular formula is C35H41N11O6S. The molecule has 0 bridgehead atoms. The number of hydrogen-bond donors (Lipinski definition) is 5. The summed E-state index contributed by atoms with van der Waals surface area (Å²) in [6, 6.07) is 3.53. The van der Waals surface area contributed by atoms with Crippen molar-refractivity contribution in [2.45, 2.75) is 77.5 Å². The molecule has 1 aromatic carbocycles. The molecule has 0 aliphatic carbocycles. The van der Waals surface area contributed by atoms with Gasteiger partial charge in [0.25, 0.3) is 5.91 Å². The second-order valence-corrected chi connectivity index (χ2v) is 15.1. The van der Waals surface area contributed by atoms with Crippen LogP contribution in [0.15, 0.2) is 30.6 Å². The molecule has 2 aliphatic rings. The summed E-state index contributed by atoms with van der Waals surface area (Å²) < 4.78 is 1.75. The first-order valence-corrected chi connectivity index (χ1v) is 18.5. The third-order valence-electron chi connectivity index (χ3n) is 9.96. The lowest BCUT2D eigenvalue weighted by atomic mass is 10.0. The summed E-state index contributed by atoms with van der Waals surface area (Å²) in [6.45, 7) is 8.31. The van der Waals surface area contributed by atoms with Gasteiger partial charge in [0.1, 0.15) is 34.4 Å². The van der Waals surface area contributed by atoms with E-state index < -0.39 is 24.1 Å². The second-order valence-electron chi connectivity index (χ2n) is 14.2. The van der Waals surface area contributed by atoms with Crippen LogP contribution >= 0.6 is 11.3 Å². The number of carbonyl (C=O) groups is 5. The maximum absolute atomic E-state index is 13.6. The lowest BCUT2D eigenvalue weighted by molar-refractivity contribution is -0.140. The number of benzene rings is 1. The summed E-state index contributed by atoms with van der Waals surface area (Å²) in [5.74, 6) is -0.494. The fourth-order valence-corrected chi connectivity index (χ4v) is 8.15. The Bertz CT molecular complexity index is 2200. The van der Waals surface area contributed by atoms with Crippen molar-refractivity contribution in [3.8, 4) is 22.0 Å². The molecule has 2 aliphatic heterocycles. The van der Waals surface area contributed by atoms with Crippen LogP contribution in [-0.4, -0.2) is 105 Å². The summed E-state index contributed by atoms with van der Waals surface area (Å²) in [5.41, 5.74) is 3.74. The van der Waals surface area contributed by atoms with Crippen LogP contribution < -0.4 is 10.6 Å². The number of nitrogens with one attached hydrogen (secondary N) is 4. The number of amides is 4. The zero-order valence-corrected chi connectivity index (χ0v) is 30.5. The predicted molar refractivity (Wildman–Crippen MR) is 194 cm³/mol. The minimum atomic E-state index is -1.24. The number of H-pyrrole nitrogens is 2. The van der Waals surface area contributed by atoms with E-state index in [1.165, 1.54) is 11.3 Å². The van der Waals surface area contributed by atoms with Crippen LogP contribution in [0.4, 0.5) is 4.79 Å². The molecule has 4 atom stereocenters. The van der Waals surface area contributed by atoms with Crippen LogP contribution in [0.25, 0.3) is 38.0 Å². The monoisotopic (exact) mass is 743 g/mol. The summed E-state index contributed by atoms with van der Waals surface area (Å²) in [4.78, 5) is 86.1. The molecule has 278 valence electrons. The molecule has 53 heavy (non-hydrogen) atoms. The van der Waals surface area contributed by atoms with Gasteiger partial charge in [-0.1, -0.05) is 39.0 Å². The summed E-state index contributed by atoms with van der Waals surface area (Å²) in [7, 11) is 0. The van der Waals surface area contributed by atoms with Crippen molar-refractivity contribution in [2.24, 2.45) is 11.8 Å². The van der Waals surface area contributed by atoms with E-state index in [2.05, 4.69) is 30.6 Å². The van der Waals surface area contributed by atoms with Crippen molar-refractivity contribution < 1.29 is 29.1 Å². The smallest absolute Gasteiger partial charge is 0.405 e. The number of carboxylic acid groups (broad SMARTS) is 1. The number of hydrogen-bond acceptors (Lipinski definition) is 10. The number of carbonyl (C=O) groups excluding carboxylic acids is 4. The highest BCUT2D eigenvalue weighted by Crippen LogP contribution is 2.36.